The molecule has 16 heteroatoms. The first-order chi connectivity index (χ1) is 18.9. The molecular formula is C26H20N7O6Rf3-3. The van der Waals surface area contributed by atoms with Crippen LogP contribution in [0.25, 0.3) is 0 Å². The first kappa shape index (κ1) is 31.3. The van der Waals surface area contributed by atoms with Gasteiger partial charge in [-0.1, -0.05) is 29.8 Å². The number of phenolic OH excluding ortho intramolecular Hbond substituents is 3. The van der Waals surface area contributed by atoms with Gasteiger partial charge in [-0.25, -0.2) is 0 Å². The Morgan fingerprint density at radius 3 is 1.62 bits per heavy atom. The molecule has 0 saturated heterocycles. The SMILES string of the molecule is O=[C-]Cc1ccc(O)c(Cc2nc(Nc3cc(N[C-]=O)ccc3O)nc(Nc3cc(N[C-]=O)ccc3O)n2)c1.[Rf].[Rf].[Rf]. The third kappa shape index (κ3) is 7.16. The summed E-state index contributed by atoms with van der Waals surface area (Å²) in [5, 5.41) is 41.4. The van der Waals surface area contributed by atoms with Gasteiger partial charge in [-0.2, -0.15) is 15.0 Å². The first-order valence-electron chi connectivity index (χ1n) is 11.3. The minimum atomic E-state index is -0.167. The molecule has 0 aliphatic carbocycles. The van der Waals surface area contributed by atoms with Gasteiger partial charge in [0.15, 0.2) is 0 Å². The fraction of sp³-hybridized carbons (Fsp3) is 0.0769. The van der Waals surface area contributed by atoms with E-state index in [9.17, 15) is 29.7 Å². The Labute approximate surface area is 221 Å². The van der Waals surface area contributed by atoms with E-state index in [2.05, 4.69) is 36.2 Å². The van der Waals surface area contributed by atoms with Gasteiger partial charge < -0.3 is 51.0 Å². The minimum absolute atomic E-state index is 0. The maximum absolute atomic E-state index is 10.8. The number of carbonyl (C=O) groups excluding carboxylic acids is 3. The Balaban J connectivity index is 0.00000294. The maximum atomic E-state index is 10.8. The summed E-state index contributed by atoms with van der Waals surface area (Å²) in [7, 11) is 0. The van der Waals surface area contributed by atoms with Crippen molar-refractivity contribution in [1.82, 2.24) is 15.0 Å². The van der Waals surface area contributed by atoms with Crippen LogP contribution in [0.2, 0.25) is 0 Å². The predicted octanol–water partition coefficient (Wildman–Crippen LogP) is 2.68. The van der Waals surface area contributed by atoms with E-state index in [0.717, 1.165) is 0 Å². The maximum Gasteiger partial charge on any atom is 0.232 e. The molecule has 4 rings (SSSR count). The number of hydrogen-bond donors (Lipinski definition) is 7. The number of hydrogen-bond acceptors (Lipinski definition) is 11. The number of benzene rings is 3. The van der Waals surface area contributed by atoms with Gasteiger partial charge in [0.05, 0.1) is 24.2 Å². The first-order valence-corrected chi connectivity index (χ1v) is 11.3. The summed E-state index contributed by atoms with van der Waals surface area (Å²) in [6.45, 7) is 0. The molecule has 0 fully saturated rings. The average Bonchev–Trinajstić information content (AvgIpc) is 2.90. The summed E-state index contributed by atoms with van der Waals surface area (Å²) >= 11 is 0. The van der Waals surface area contributed by atoms with Crippen LogP contribution in [0.15, 0.2) is 54.6 Å². The van der Waals surface area contributed by atoms with Gasteiger partial charge in [-0.3, -0.25) is 6.29 Å². The minimum Gasteiger partial charge on any atom is -0.541 e. The zero-order chi connectivity index (χ0) is 27.8. The molecule has 0 bridgehead atoms. The van der Waals surface area contributed by atoms with Gasteiger partial charge in [0, 0.05) is 12.0 Å². The zero-order valence-electron chi connectivity index (χ0n) is 22.1. The second-order valence-corrected chi connectivity index (χ2v) is 8.03. The molecule has 4 aromatic rings. The molecular weight excluding hydrogens is 1310 g/mol. The van der Waals surface area contributed by atoms with Crippen LogP contribution in [0.4, 0.5) is 34.6 Å². The monoisotopic (exact) mass is 1330 g/mol. The van der Waals surface area contributed by atoms with Crippen molar-refractivity contribution in [2.75, 3.05) is 21.3 Å². The quantitative estimate of drug-likeness (QED) is 0.0477. The van der Waals surface area contributed by atoms with E-state index >= 15 is 0 Å². The molecule has 13 nitrogen and oxygen atoms in total. The Kier molecular flexibility index (Phi) is 10.1. The molecule has 7 N–H and O–H groups in total. The number of amides is 2. The number of anilines is 6. The second-order valence-electron chi connectivity index (χ2n) is 8.03. The largest absolute Gasteiger partial charge is 0.541 e. The second kappa shape index (κ2) is 13.5. The topological polar surface area (TPSA) is 199 Å². The Hall–Kier alpha value is -8.72. The van der Waals surface area contributed by atoms with Crippen LogP contribution in [-0.2, 0) is 27.2 Å². The Morgan fingerprint density at radius 1 is 0.643 bits per heavy atom. The van der Waals surface area contributed by atoms with Crippen LogP contribution in [-0.4, -0.2) is 49.4 Å². The van der Waals surface area contributed by atoms with Crippen molar-refractivity contribution in [3.8, 4) is 17.2 Å². The summed E-state index contributed by atoms with van der Waals surface area (Å²) < 4.78 is 0. The summed E-state index contributed by atoms with van der Waals surface area (Å²) in [5.41, 5.74) is 2.05. The molecule has 1 aromatic heterocycles. The Morgan fingerprint density at radius 2 is 1.14 bits per heavy atom. The van der Waals surface area contributed by atoms with Gasteiger partial charge in [0.1, 0.15) is 23.1 Å². The number of nitrogens with one attached hydrogen (secondary N) is 4. The third-order valence-corrected chi connectivity index (χ3v) is 5.33. The average molecular weight is 1330 g/mol. The van der Waals surface area contributed by atoms with E-state index in [1.165, 1.54) is 42.5 Å². The number of aromatic hydroxyl groups is 3. The molecule has 0 atom stereocenters. The van der Waals surface area contributed by atoms with E-state index in [-0.39, 0.29) is 59.2 Å². The number of nitrogens with zero attached hydrogens (tertiary/aromatic N) is 3. The van der Waals surface area contributed by atoms with Crippen LogP contribution in [0, 0.1) is 0 Å². The number of phenols is 3. The van der Waals surface area contributed by atoms with Crippen LogP contribution in [0.1, 0.15) is 17.0 Å². The van der Waals surface area contributed by atoms with E-state index in [1.807, 2.05) is 0 Å². The summed E-state index contributed by atoms with van der Waals surface area (Å²) in [6, 6.07) is 13.1. The molecule has 0 radical (unpaired) electrons. The summed E-state index contributed by atoms with van der Waals surface area (Å²) in [6.07, 6.45) is 4.95. The van der Waals surface area contributed by atoms with Crippen molar-refractivity contribution in [3.63, 3.8) is 0 Å². The predicted molar refractivity (Wildman–Crippen MR) is 142 cm³/mol. The molecule has 0 spiro atoms. The van der Waals surface area contributed by atoms with E-state index in [4.69, 9.17) is 0 Å². The summed E-state index contributed by atoms with van der Waals surface area (Å²) in [5.74, 6) is -0.270. The molecule has 1 heterocycles. The molecule has 42 heavy (non-hydrogen) atoms. The van der Waals surface area contributed by atoms with Gasteiger partial charge in [-0.15, -0.1) is 29.9 Å². The standard InChI is InChI=1S/C26H20N7O6.3Rf/c34-8-7-15-1-4-21(37)16(9-15)10-24-31-25(29-19-11-17(27-13-35)2-5-22(19)38)33-26(32-24)30-20-12-18(28-14-36)3-6-23(20)39;;;/h1-6,9,11-12,37-39H,7,10H2,(H,27,35)(H,28,36)(H2,29,30,31,32,33);;;/q-3;;;. The normalized spacial score (nSPS) is 9.62. The van der Waals surface area contributed by atoms with Gasteiger partial charge in [0.2, 0.25) is 11.9 Å². The van der Waals surface area contributed by atoms with E-state index in [0.29, 0.717) is 22.5 Å². The van der Waals surface area contributed by atoms with E-state index < -0.39 is 0 Å². The summed E-state index contributed by atoms with van der Waals surface area (Å²) in [4.78, 5) is 45.3. The van der Waals surface area contributed by atoms with Gasteiger partial charge in [-0.05, 0) is 18.2 Å². The van der Waals surface area contributed by atoms with Crippen LogP contribution >= 0.6 is 0 Å². The third-order valence-electron chi connectivity index (χ3n) is 5.33. The fourth-order valence-electron chi connectivity index (χ4n) is 3.54. The zero-order valence-corrected chi connectivity index (χ0v) is 41.3. The van der Waals surface area contributed by atoms with Crippen LogP contribution < -0.4 is 21.3 Å². The van der Waals surface area contributed by atoms with Gasteiger partial charge >= 0.3 is 0 Å². The van der Waals surface area contributed by atoms with E-state index in [1.54, 1.807) is 31.2 Å². The van der Waals surface area contributed by atoms with Crippen molar-refractivity contribution >= 4 is 53.8 Å². The molecule has 0 aliphatic heterocycles. The van der Waals surface area contributed by atoms with Crippen LogP contribution in [0.3, 0.4) is 0 Å². The van der Waals surface area contributed by atoms with Crippen molar-refractivity contribution in [2.24, 2.45) is 0 Å². The molecule has 0 saturated carbocycles. The smallest absolute Gasteiger partial charge is 0.232 e. The molecule has 0 aliphatic rings. The van der Waals surface area contributed by atoms with Crippen molar-refractivity contribution in [1.29, 1.82) is 0 Å². The van der Waals surface area contributed by atoms with Crippen molar-refractivity contribution in [2.45, 2.75) is 12.8 Å². The van der Waals surface area contributed by atoms with Crippen LogP contribution in [0.5, 0.6) is 17.2 Å². The van der Waals surface area contributed by atoms with Crippen molar-refractivity contribution in [3.05, 3.63) is 71.5 Å². The molecule has 3 aromatic carbocycles. The number of rotatable bonds is 12. The number of aromatic nitrogens is 3. The molecule has 2 amide bonds. The van der Waals surface area contributed by atoms with Gasteiger partial charge in [0.25, 0.3) is 0 Å². The molecule has 204 valence electrons. The molecule has 0 unspecified atom stereocenters. The Bertz CT molecular complexity index is 1350. The van der Waals surface area contributed by atoms with Crippen molar-refractivity contribution < 1.29 is 29.7 Å². The fourth-order valence-corrected chi connectivity index (χ4v) is 3.54.